The van der Waals surface area contributed by atoms with Crippen LogP contribution in [0.1, 0.15) is 46.1 Å². The Bertz CT molecular complexity index is 921. The Morgan fingerprint density at radius 2 is 1.59 bits per heavy atom. The van der Waals surface area contributed by atoms with Gasteiger partial charge in [0.05, 0.1) is 12.1 Å². The zero-order valence-electron chi connectivity index (χ0n) is 21.7. The second-order valence-electron chi connectivity index (χ2n) is 8.92. The molecule has 0 fully saturated rings. The summed E-state index contributed by atoms with van der Waals surface area (Å²) in [5.41, 5.74) is 12.0. The molecule has 0 saturated carbocycles. The van der Waals surface area contributed by atoms with E-state index >= 15 is 0 Å². The summed E-state index contributed by atoms with van der Waals surface area (Å²) >= 11 is 0. The SMILES string of the molecule is CC(C)OC(=O)CNC(=O)OCc1ccc(NC(=O)C(CCCNC(N)=O)NC(=O)C(N)C(C)C)cc1. The van der Waals surface area contributed by atoms with Gasteiger partial charge in [0, 0.05) is 12.2 Å². The van der Waals surface area contributed by atoms with E-state index in [0.29, 0.717) is 17.7 Å². The number of urea groups is 1. The first-order valence-corrected chi connectivity index (χ1v) is 12.0. The van der Waals surface area contributed by atoms with Crippen LogP contribution in [0.15, 0.2) is 24.3 Å². The Morgan fingerprint density at radius 1 is 0.946 bits per heavy atom. The molecule has 13 heteroatoms. The van der Waals surface area contributed by atoms with Crippen molar-refractivity contribution in [3.63, 3.8) is 0 Å². The van der Waals surface area contributed by atoms with Gasteiger partial charge >= 0.3 is 18.1 Å². The van der Waals surface area contributed by atoms with Gasteiger partial charge in [-0.1, -0.05) is 26.0 Å². The van der Waals surface area contributed by atoms with Crippen molar-refractivity contribution in [1.29, 1.82) is 0 Å². The molecular weight excluding hydrogens is 484 g/mol. The predicted octanol–water partition coefficient (Wildman–Crippen LogP) is 0.720. The average Bonchev–Trinajstić information content (AvgIpc) is 2.82. The summed E-state index contributed by atoms with van der Waals surface area (Å²) in [5.74, 6) is -1.61. The van der Waals surface area contributed by atoms with Gasteiger partial charge in [-0.05, 0) is 50.3 Å². The molecular formula is C24H38N6O7. The minimum atomic E-state index is -0.888. The second kappa shape index (κ2) is 16.0. The first kappa shape index (κ1) is 31.2. The number of carbonyl (C=O) groups excluding carboxylic acids is 5. The third-order valence-corrected chi connectivity index (χ3v) is 4.96. The summed E-state index contributed by atoms with van der Waals surface area (Å²) in [6.07, 6.45) is -0.422. The van der Waals surface area contributed by atoms with Gasteiger partial charge in [-0.25, -0.2) is 9.59 Å². The summed E-state index contributed by atoms with van der Waals surface area (Å²) in [7, 11) is 0. The Labute approximate surface area is 216 Å². The van der Waals surface area contributed by atoms with Crippen LogP contribution in [0.3, 0.4) is 0 Å². The lowest BCUT2D eigenvalue weighted by Gasteiger charge is -2.22. The number of hydrogen-bond donors (Lipinski definition) is 6. The van der Waals surface area contributed by atoms with Gasteiger partial charge in [0.2, 0.25) is 11.8 Å². The first-order valence-electron chi connectivity index (χ1n) is 12.0. The molecule has 0 heterocycles. The van der Waals surface area contributed by atoms with Gasteiger partial charge in [0.1, 0.15) is 19.2 Å². The molecule has 0 aromatic heterocycles. The second-order valence-corrected chi connectivity index (χ2v) is 8.92. The van der Waals surface area contributed by atoms with Crippen molar-refractivity contribution in [2.24, 2.45) is 17.4 Å². The molecule has 1 rings (SSSR count). The highest BCUT2D eigenvalue weighted by Gasteiger charge is 2.25. The topological polar surface area (TPSA) is 204 Å². The summed E-state index contributed by atoms with van der Waals surface area (Å²) in [6.45, 7) is 6.87. The van der Waals surface area contributed by atoms with Crippen molar-refractivity contribution in [2.45, 2.75) is 65.3 Å². The fraction of sp³-hybridized carbons (Fsp3) is 0.542. The third kappa shape index (κ3) is 13.1. The summed E-state index contributed by atoms with van der Waals surface area (Å²) in [4.78, 5) is 59.3. The van der Waals surface area contributed by atoms with E-state index in [0.717, 1.165) is 0 Å². The molecule has 0 aliphatic rings. The minimum absolute atomic E-state index is 0.0576. The van der Waals surface area contributed by atoms with Gasteiger partial charge in [0.15, 0.2) is 0 Å². The largest absolute Gasteiger partial charge is 0.462 e. The van der Waals surface area contributed by atoms with E-state index in [-0.39, 0.29) is 38.1 Å². The molecule has 5 amide bonds. The smallest absolute Gasteiger partial charge is 0.407 e. The van der Waals surface area contributed by atoms with Crippen LogP contribution in [0.25, 0.3) is 0 Å². The number of primary amides is 1. The molecule has 2 unspecified atom stereocenters. The molecule has 0 spiro atoms. The van der Waals surface area contributed by atoms with Crippen molar-refractivity contribution in [3.05, 3.63) is 29.8 Å². The number of anilines is 1. The monoisotopic (exact) mass is 522 g/mol. The van der Waals surface area contributed by atoms with Crippen LogP contribution in [0, 0.1) is 5.92 Å². The number of ether oxygens (including phenoxy) is 2. The lowest BCUT2D eigenvalue weighted by Crippen LogP contribution is -2.51. The number of alkyl carbamates (subject to hydrolysis) is 1. The van der Waals surface area contributed by atoms with Crippen LogP contribution < -0.4 is 32.7 Å². The third-order valence-electron chi connectivity index (χ3n) is 4.96. The zero-order valence-corrected chi connectivity index (χ0v) is 21.7. The number of nitrogens with two attached hydrogens (primary N) is 2. The van der Waals surface area contributed by atoms with Crippen LogP contribution in [0.5, 0.6) is 0 Å². The lowest BCUT2D eigenvalue weighted by molar-refractivity contribution is -0.146. The van der Waals surface area contributed by atoms with Gasteiger partial charge in [0.25, 0.3) is 0 Å². The number of esters is 1. The molecule has 13 nitrogen and oxygen atoms in total. The Kier molecular flexibility index (Phi) is 13.5. The molecule has 0 aliphatic heterocycles. The van der Waals surface area contributed by atoms with E-state index in [1.54, 1.807) is 52.0 Å². The number of benzene rings is 1. The van der Waals surface area contributed by atoms with Gasteiger partial charge < -0.3 is 42.2 Å². The molecule has 1 aromatic carbocycles. The molecule has 1 aromatic rings. The number of carbonyl (C=O) groups is 5. The Hall–Kier alpha value is -3.87. The number of amides is 5. The van der Waals surface area contributed by atoms with E-state index in [9.17, 15) is 24.0 Å². The molecule has 2 atom stereocenters. The summed E-state index contributed by atoms with van der Waals surface area (Å²) in [6, 6.07) is 4.17. The first-order chi connectivity index (χ1) is 17.4. The van der Waals surface area contributed by atoms with Crippen molar-refractivity contribution in [2.75, 3.05) is 18.4 Å². The molecule has 0 aliphatic carbocycles. The van der Waals surface area contributed by atoms with Gasteiger partial charge in [-0.15, -0.1) is 0 Å². The van der Waals surface area contributed by atoms with Crippen molar-refractivity contribution < 1.29 is 33.4 Å². The maximum Gasteiger partial charge on any atom is 0.407 e. The minimum Gasteiger partial charge on any atom is -0.462 e. The number of rotatable bonds is 14. The summed E-state index contributed by atoms with van der Waals surface area (Å²) < 4.78 is 9.97. The molecule has 37 heavy (non-hydrogen) atoms. The number of nitrogens with one attached hydrogen (secondary N) is 4. The van der Waals surface area contributed by atoms with Crippen LogP contribution >= 0.6 is 0 Å². The normalized spacial score (nSPS) is 12.3. The highest BCUT2D eigenvalue weighted by molar-refractivity contribution is 5.97. The fourth-order valence-electron chi connectivity index (χ4n) is 2.92. The van der Waals surface area contributed by atoms with Crippen LogP contribution in [-0.2, 0) is 30.5 Å². The van der Waals surface area contributed by atoms with Crippen molar-refractivity contribution >= 4 is 35.6 Å². The van der Waals surface area contributed by atoms with Crippen molar-refractivity contribution in [1.82, 2.24) is 16.0 Å². The van der Waals surface area contributed by atoms with Crippen LogP contribution in [0.2, 0.25) is 0 Å². The molecule has 0 bridgehead atoms. The Balaban J connectivity index is 2.65. The number of hydrogen-bond acceptors (Lipinski definition) is 8. The van der Waals surface area contributed by atoms with Crippen molar-refractivity contribution in [3.8, 4) is 0 Å². The van der Waals surface area contributed by atoms with Crippen LogP contribution in [0.4, 0.5) is 15.3 Å². The molecule has 0 saturated heterocycles. The average molecular weight is 523 g/mol. The molecule has 0 radical (unpaired) electrons. The van der Waals surface area contributed by atoms with E-state index in [2.05, 4.69) is 21.3 Å². The van der Waals surface area contributed by atoms with E-state index < -0.39 is 42.0 Å². The van der Waals surface area contributed by atoms with Gasteiger partial charge in [-0.3, -0.25) is 14.4 Å². The zero-order chi connectivity index (χ0) is 28.0. The highest BCUT2D eigenvalue weighted by Crippen LogP contribution is 2.12. The van der Waals surface area contributed by atoms with E-state index in [1.165, 1.54) is 0 Å². The maximum atomic E-state index is 12.9. The fourth-order valence-corrected chi connectivity index (χ4v) is 2.92. The maximum absolute atomic E-state index is 12.9. The van der Waals surface area contributed by atoms with E-state index in [1.807, 2.05) is 0 Å². The Morgan fingerprint density at radius 3 is 2.16 bits per heavy atom. The lowest BCUT2D eigenvalue weighted by atomic mass is 10.0. The quantitative estimate of drug-likeness (QED) is 0.151. The predicted molar refractivity (Wildman–Crippen MR) is 136 cm³/mol. The standard InChI is InChI=1S/C24H38N6O7/c1-14(2)20(25)22(33)30-18(6-5-11-27-23(26)34)21(32)29-17-9-7-16(8-10-17)13-36-24(35)28-12-19(31)37-15(3)4/h7-10,14-15,18,20H,5-6,11-13,25H2,1-4H3,(H,28,35)(H,29,32)(H,30,33)(H3,26,27,34). The van der Waals surface area contributed by atoms with E-state index in [4.69, 9.17) is 20.9 Å². The van der Waals surface area contributed by atoms with Crippen LogP contribution in [-0.4, -0.2) is 61.2 Å². The molecule has 8 N–H and O–H groups in total. The highest BCUT2D eigenvalue weighted by atomic mass is 16.6. The molecule has 206 valence electrons. The van der Waals surface area contributed by atoms with Gasteiger partial charge in [-0.2, -0.15) is 0 Å². The summed E-state index contributed by atoms with van der Waals surface area (Å²) in [5, 5.41) is 10.1.